The fraction of sp³-hybridized carbons (Fsp3) is 0. The molecular formula is C3H4N2OS. The topological polar surface area (TPSA) is 24.5 Å². The minimum absolute atomic E-state index is 1.31. The van der Waals surface area contributed by atoms with Crippen molar-refractivity contribution in [2.24, 2.45) is 0 Å². The quantitative estimate of drug-likeness (QED) is 0.493. The van der Waals surface area contributed by atoms with Gasteiger partial charge in [0.15, 0.2) is 0 Å². The predicted molar refractivity (Wildman–Crippen MR) is 28.9 cm³/mol. The smallest absolute Gasteiger partial charge is 0.139 e. The van der Waals surface area contributed by atoms with Gasteiger partial charge in [-0.3, -0.25) is 5.43 Å². The minimum atomic E-state index is 1.31. The first kappa shape index (κ1) is 4.39. The molecule has 1 aliphatic heterocycles. The summed E-state index contributed by atoms with van der Waals surface area (Å²) in [6, 6.07) is 0. The summed E-state index contributed by atoms with van der Waals surface area (Å²) in [7, 11) is 0. The molecule has 1 N–H and O–H groups in total. The molecule has 0 saturated carbocycles. The van der Waals surface area contributed by atoms with Crippen molar-refractivity contribution >= 4 is 17.7 Å². The van der Waals surface area contributed by atoms with Crippen molar-refractivity contribution in [1.29, 1.82) is 0 Å². The molecule has 0 spiro atoms. The number of nitrogens with one attached hydrogen (secondary N) is 1. The van der Waals surface area contributed by atoms with E-state index in [0.717, 1.165) is 0 Å². The van der Waals surface area contributed by atoms with Crippen LogP contribution in [0.1, 0.15) is 0 Å². The van der Waals surface area contributed by atoms with Gasteiger partial charge in [0.05, 0.1) is 6.20 Å². The Balaban J connectivity index is 2.35. The van der Waals surface area contributed by atoms with Crippen molar-refractivity contribution in [3.05, 3.63) is 12.5 Å². The molecule has 0 saturated heterocycles. The molecule has 0 aromatic rings. The lowest BCUT2D eigenvalue weighted by Crippen LogP contribution is -2.25. The van der Waals surface area contributed by atoms with Gasteiger partial charge >= 0.3 is 0 Å². The van der Waals surface area contributed by atoms with E-state index in [2.05, 4.69) is 22.5 Å². The van der Waals surface area contributed by atoms with E-state index in [-0.39, 0.29) is 0 Å². The van der Waals surface area contributed by atoms with Crippen LogP contribution in [0, 0.1) is 0 Å². The summed E-state index contributed by atoms with van der Waals surface area (Å²) in [5.74, 6) is 0. The van der Waals surface area contributed by atoms with Gasteiger partial charge in [0, 0.05) is 0 Å². The summed E-state index contributed by atoms with van der Waals surface area (Å²) in [6.45, 7) is 0. The number of nitrogens with zero attached hydrogens (tertiary/aromatic N) is 1. The van der Waals surface area contributed by atoms with E-state index in [4.69, 9.17) is 0 Å². The second kappa shape index (κ2) is 1.79. The van der Waals surface area contributed by atoms with Gasteiger partial charge in [0.2, 0.25) is 0 Å². The molecular weight excluding hydrogens is 112 g/mol. The third-order valence-electron chi connectivity index (χ3n) is 0.540. The highest BCUT2D eigenvalue weighted by atomic mass is 32.1. The SMILES string of the molecule is S=CN1NC=CO1. The first-order chi connectivity index (χ1) is 3.43. The Bertz CT molecular complexity index is 95.1. The number of thiocarbonyl (C=S) groups is 1. The maximum atomic E-state index is 4.68. The molecule has 1 heterocycles. The summed E-state index contributed by atoms with van der Waals surface area (Å²) < 4.78 is 0. The fourth-order valence-electron chi connectivity index (χ4n) is 0.286. The van der Waals surface area contributed by atoms with Crippen molar-refractivity contribution in [3.8, 4) is 0 Å². The van der Waals surface area contributed by atoms with Crippen LogP contribution in [0.15, 0.2) is 12.5 Å². The summed E-state index contributed by atoms with van der Waals surface area (Å²) in [4.78, 5) is 4.68. The maximum Gasteiger partial charge on any atom is 0.139 e. The van der Waals surface area contributed by atoms with Gasteiger partial charge < -0.3 is 4.84 Å². The van der Waals surface area contributed by atoms with Gasteiger partial charge in [-0.2, -0.15) is 0 Å². The molecule has 0 aromatic carbocycles. The summed E-state index contributed by atoms with van der Waals surface area (Å²) in [6.07, 6.45) is 3.14. The highest BCUT2D eigenvalue weighted by Gasteiger charge is 1.96. The van der Waals surface area contributed by atoms with Crippen LogP contribution in [-0.2, 0) is 4.84 Å². The molecule has 0 amide bonds. The molecule has 0 atom stereocenters. The van der Waals surface area contributed by atoms with Gasteiger partial charge in [-0.15, -0.1) is 5.17 Å². The second-order valence-corrected chi connectivity index (χ2v) is 1.18. The van der Waals surface area contributed by atoms with Crippen LogP contribution in [-0.4, -0.2) is 10.7 Å². The average Bonchev–Trinajstić information content (AvgIpc) is 2.14. The molecule has 0 bridgehead atoms. The van der Waals surface area contributed by atoms with Crippen LogP contribution in [0.5, 0.6) is 0 Å². The number of hydrogen-bond acceptors (Lipinski definition) is 3. The summed E-state index contributed by atoms with van der Waals surface area (Å²) >= 11 is 4.49. The molecule has 3 nitrogen and oxygen atoms in total. The normalized spacial score (nSPS) is 15.7. The predicted octanol–water partition coefficient (Wildman–Crippen LogP) is 0.167. The number of hydrogen-bond donors (Lipinski definition) is 1. The Kier molecular flexibility index (Phi) is 1.12. The van der Waals surface area contributed by atoms with E-state index in [9.17, 15) is 0 Å². The summed E-state index contributed by atoms with van der Waals surface area (Å²) in [5, 5.41) is 1.31. The van der Waals surface area contributed by atoms with Crippen molar-refractivity contribution in [1.82, 2.24) is 10.6 Å². The van der Waals surface area contributed by atoms with Crippen LogP contribution in [0.2, 0.25) is 0 Å². The van der Waals surface area contributed by atoms with Crippen molar-refractivity contribution in [3.63, 3.8) is 0 Å². The summed E-state index contributed by atoms with van der Waals surface area (Å²) in [5.41, 5.74) is 4.04. The Labute approximate surface area is 46.5 Å². The van der Waals surface area contributed by atoms with E-state index in [0.29, 0.717) is 0 Å². The fourth-order valence-corrected chi connectivity index (χ4v) is 0.396. The van der Waals surface area contributed by atoms with E-state index >= 15 is 0 Å². The second-order valence-electron chi connectivity index (χ2n) is 0.968. The van der Waals surface area contributed by atoms with Gasteiger partial charge in [0.25, 0.3) is 0 Å². The van der Waals surface area contributed by atoms with Crippen molar-refractivity contribution < 1.29 is 4.84 Å². The molecule has 1 aliphatic rings. The van der Waals surface area contributed by atoms with E-state index < -0.39 is 0 Å². The molecule has 0 fully saturated rings. The zero-order valence-corrected chi connectivity index (χ0v) is 4.31. The molecule has 4 heteroatoms. The van der Waals surface area contributed by atoms with Crippen molar-refractivity contribution in [2.45, 2.75) is 0 Å². The monoisotopic (exact) mass is 116 g/mol. The van der Waals surface area contributed by atoms with Crippen LogP contribution < -0.4 is 5.43 Å². The maximum absolute atomic E-state index is 4.68. The zero-order valence-electron chi connectivity index (χ0n) is 3.50. The molecule has 0 aromatic heterocycles. The van der Waals surface area contributed by atoms with Crippen LogP contribution in [0.3, 0.4) is 0 Å². The highest BCUT2D eigenvalue weighted by molar-refractivity contribution is 7.78. The standard InChI is InChI=1S/C3H4N2OS/c7-3-5-4-1-2-6-5/h1-4H. The zero-order chi connectivity index (χ0) is 5.11. The first-order valence-corrected chi connectivity index (χ1v) is 2.23. The van der Waals surface area contributed by atoms with E-state index in [1.807, 2.05) is 0 Å². The van der Waals surface area contributed by atoms with E-state index in [1.54, 1.807) is 6.20 Å². The average molecular weight is 116 g/mol. The Hall–Kier alpha value is -0.770. The third kappa shape index (κ3) is 0.806. The molecule has 0 unspecified atom stereocenters. The number of hydrazine groups is 1. The highest BCUT2D eigenvalue weighted by Crippen LogP contribution is 1.88. The number of rotatable bonds is 1. The van der Waals surface area contributed by atoms with Gasteiger partial charge in [-0.05, 0) is 0 Å². The van der Waals surface area contributed by atoms with Crippen LogP contribution in [0.25, 0.3) is 0 Å². The van der Waals surface area contributed by atoms with E-state index in [1.165, 1.54) is 16.9 Å². The molecule has 0 radical (unpaired) electrons. The van der Waals surface area contributed by atoms with Gasteiger partial charge in [0.1, 0.15) is 11.8 Å². The Morgan fingerprint density at radius 1 is 1.86 bits per heavy atom. The lowest BCUT2D eigenvalue weighted by Gasteiger charge is -2.06. The first-order valence-electron chi connectivity index (χ1n) is 1.76. The lowest BCUT2D eigenvalue weighted by atomic mass is 11.0. The van der Waals surface area contributed by atoms with Gasteiger partial charge in [-0.1, -0.05) is 12.2 Å². The van der Waals surface area contributed by atoms with Crippen LogP contribution >= 0.6 is 12.2 Å². The minimum Gasteiger partial charge on any atom is -0.365 e. The lowest BCUT2D eigenvalue weighted by molar-refractivity contribution is -0.0303. The third-order valence-corrected chi connectivity index (χ3v) is 0.731. The molecule has 0 aliphatic carbocycles. The van der Waals surface area contributed by atoms with Crippen LogP contribution in [0.4, 0.5) is 0 Å². The largest absolute Gasteiger partial charge is 0.365 e. The number of hydroxylamine groups is 1. The Morgan fingerprint density at radius 3 is 3.00 bits per heavy atom. The molecule has 7 heavy (non-hydrogen) atoms. The van der Waals surface area contributed by atoms with Gasteiger partial charge in [-0.25, -0.2) is 0 Å². The molecule has 1 rings (SSSR count). The molecule has 38 valence electrons. The Morgan fingerprint density at radius 2 is 2.71 bits per heavy atom. The van der Waals surface area contributed by atoms with Crippen molar-refractivity contribution in [2.75, 3.05) is 0 Å².